The summed E-state index contributed by atoms with van der Waals surface area (Å²) >= 11 is 0. The van der Waals surface area contributed by atoms with Crippen molar-refractivity contribution in [2.45, 2.75) is 87.7 Å². The van der Waals surface area contributed by atoms with E-state index in [-0.39, 0.29) is 16.2 Å². The molecule has 0 unspecified atom stereocenters. The molecule has 198 valence electrons. The lowest BCUT2D eigenvalue weighted by atomic mass is 9.74. The molecule has 2 aromatic rings. The van der Waals surface area contributed by atoms with Crippen LogP contribution in [0.4, 0.5) is 5.69 Å². The predicted molar refractivity (Wildman–Crippen MR) is 146 cm³/mol. The summed E-state index contributed by atoms with van der Waals surface area (Å²) in [6.45, 7) is 8.96. The molecule has 1 N–H and O–H groups in total. The number of anilines is 1. The van der Waals surface area contributed by atoms with Crippen molar-refractivity contribution in [1.82, 2.24) is 4.72 Å². The molecule has 0 atom stereocenters. The molecule has 3 aliphatic rings. The van der Waals surface area contributed by atoms with Crippen molar-refractivity contribution in [3.8, 4) is 0 Å². The summed E-state index contributed by atoms with van der Waals surface area (Å²) in [7, 11) is -2.50. The molecule has 2 fully saturated rings. The Kier molecular flexibility index (Phi) is 6.58. The molecule has 1 spiro atoms. The van der Waals surface area contributed by atoms with E-state index in [1.165, 1.54) is 25.5 Å². The quantitative estimate of drug-likeness (QED) is 0.583. The van der Waals surface area contributed by atoms with Crippen molar-refractivity contribution < 1.29 is 22.5 Å². The first-order valence-corrected chi connectivity index (χ1v) is 14.7. The fourth-order valence-electron chi connectivity index (χ4n) is 5.85. The Hall–Kier alpha value is -2.20. The molecule has 37 heavy (non-hydrogen) atoms. The van der Waals surface area contributed by atoms with Crippen molar-refractivity contribution in [2.24, 2.45) is 0 Å². The third-order valence-corrected chi connectivity index (χ3v) is 10.3. The van der Waals surface area contributed by atoms with Gasteiger partial charge in [0.25, 0.3) is 0 Å². The maximum atomic E-state index is 13.5. The number of carbonyl (C=O) groups is 1. The predicted octanol–water partition coefficient (Wildman–Crippen LogP) is 3.69. The van der Waals surface area contributed by atoms with E-state index in [9.17, 15) is 13.2 Å². The lowest BCUT2D eigenvalue weighted by Gasteiger charge is -2.32. The number of nitrogens with zero attached hydrogens (tertiary/aromatic N) is 1. The maximum Gasteiger partial charge on any atom is 0.494 e. The fourth-order valence-corrected chi connectivity index (χ4v) is 6.58. The van der Waals surface area contributed by atoms with E-state index < -0.39 is 28.3 Å². The van der Waals surface area contributed by atoms with Gasteiger partial charge >= 0.3 is 7.12 Å². The second-order valence-electron chi connectivity index (χ2n) is 11.7. The molecular formula is C28H37BN2O5S. The van der Waals surface area contributed by atoms with Crippen LogP contribution in [-0.4, -0.2) is 46.2 Å². The van der Waals surface area contributed by atoms with E-state index in [4.69, 9.17) is 9.31 Å². The number of carbonyl (C=O) groups excluding carboxylic acids is 1. The van der Waals surface area contributed by atoms with Gasteiger partial charge in [-0.3, -0.25) is 4.79 Å². The highest BCUT2D eigenvalue weighted by Gasteiger charge is 2.53. The van der Waals surface area contributed by atoms with Crippen LogP contribution in [0.3, 0.4) is 0 Å². The van der Waals surface area contributed by atoms with Gasteiger partial charge in [0.05, 0.1) is 16.1 Å². The van der Waals surface area contributed by atoms with Gasteiger partial charge in [0.15, 0.2) is 0 Å². The highest BCUT2D eigenvalue weighted by atomic mass is 32.2. The van der Waals surface area contributed by atoms with Gasteiger partial charge in [-0.05, 0) is 88.8 Å². The number of nitrogens with one attached hydrogen (secondary N) is 1. The molecule has 1 saturated heterocycles. The highest BCUT2D eigenvalue weighted by Crippen LogP contribution is 2.50. The zero-order valence-corrected chi connectivity index (χ0v) is 23.3. The Labute approximate surface area is 221 Å². The van der Waals surface area contributed by atoms with Gasteiger partial charge < -0.3 is 14.2 Å². The maximum absolute atomic E-state index is 13.5. The first kappa shape index (κ1) is 26.4. The number of amides is 1. The van der Waals surface area contributed by atoms with Crippen LogP contribution in [0.25, 0.3) is 0 Å². The summed E-state index contributed by atoms with van der Waals surface area (Å²) in [6.07, 6.45) is 5.43. The van der Waals surface area contributed by atoms with Crippen LogP contribution in [0.15, 0.2) is 47.4 Å². The molecule has 2 aliphatic heterocycles. The minimum absolute atomic E-state index is 0.00615. The number of aryl methyl sites for hydroxylation is 1. The summed E-state index contributed by atoms with van der Waals surface area (Å²) in [5.74, 6) is 0.0975. The largest absolute Gasteiger partial charge is 0.494 e. The van der Waals surface area contributed by atoms with Gasteiger partial charge in [-0.2, -0.15) is 0 Å². The van der Waals surface area contributed by atoms with Gasteiger partial charge in [-0.25, -0.2) is 13.1 Å². The van der Waals surface area contributed by atoms with Crippen LogP contribution in [0.5, 0.6) is 0 Å². The number of sulfonamides is 1. The zero-order valence-electron chi connectivity index (χ0n) is 22.5. The molecule has 5 rings (SSSR count). The second kappa shape index (κ2) is 9.22. The molecule has 1 aliphatic carbocycles. The van der Waals surface area contributed by atoms with E-state index >= 15 is 0 Å². The summed E-state index contributed by atoms with van der Waals surface area (Å²) in [6, 6.07) is 13.1. The Morgan fingerprint density at radius 1 is 1.00 bits per heavy atom. The molecule has 0 radical (unpaired) electrons. The topological polar surface area (TPSA) is 84.9 Å². The van der Waals surface area contributed by atoms with Gasteiger partial charge in [0, 0.05) is 24.1 Å². The van der Waals surface area contributed by atoms with E-state index in [2.05, 4.69) is 44.5 Å². The van der Waals surface area contributed by atoms with Crippen LogP contribution < -0.4 is 15.1 Å². The Morgan fingerprint density at radius 3 is 2.22 bits per heavy atom. The Balaban J connectivity index is 1.35. The summed E-state index contributed by atoms with van der Waals surface area (Å²) < 4.78 is 38.9. The Bertz CT molecular complexity index is 1280. The monoisotopic (exact) mass is 524 g/mol. The third kappa shape index (κ3) is 4.64. The van der Waals surface area contributed by atoms with E-state index in [0.717, 1.165) is 29.6 Å². The van der Waals surface area contributed by atoms with Gasteiger partial charge in [0.2, 0.25) is 15.9 Å². The zero-order chi connectivity index (χ0) is 26.6. The summed E-state index contributed by atoms with van der Waals surface area (Å²) in [5, 5.41) is 0. The summed E-state index contributed by atoms with van der Waals surface area (Å²) in [4.78, 5) is 15.7. The lowest BCUT2D eigenvalue weighted by molar-refractivity contribution is -0.118. The van der Waals surface area contributed by atoms with E-state index in [0.29, 0.717) is 19.4 Å². The summed E-state index contributed by atoms with van der Waals surface area (Å²) in [5.41, 5.74) is 3.38. The smallest absolute Gasteiger partial charge is 0.399 e. The van der Waals surface area contributed by atoms with Crippen LogP contribution in [-0.2, 0) is 36.0 Å². The molecule has 2 heterocycles. The van der Waals surface area contributed by atoms with Crippen LogP contribution in [0, 0.1) is 0 Å². The van der Waals surface area contributed by atoms with Crippen molar-refractivity contribution in [3.63, 3.8) is 0 Å². The number of benzene rings is 2. The van der Waals surface area contributed by atoms with Crippen molar-refractivity contribution >= 4 is 34.2 Å². The molecule has 1 amide bonds. The van der Waals surface area contributed by atoms with Crippen LogP contribution >= 0.6 is 0 Å². The van der Waals surface area contributed by atoms with Gasteiger partial charge in [-0.1, -0.05) is 37.1 Å². The number of fused-ring (bicyclic) bond motifs is 2. The minimum Gasteiger partial charge on any atom is -0.399 e. The second-order valence-corrected chi connectivity index (χ2v) is 13.6. The molecule has 0 aromatic heterocycles. The lowest BCUT2D eigenvalue weighted by Crippen LogP contribution is -2.41. The van der Waals surface area contributed by atoms with E-state index in [1.807, 2.05) is 11.0 Å². The Morgan fingerprint density at radius 2 is 1.62 bits per heavy atom. The molecular weight excluding hydrogens is 487 g/mol. The van der Waals surface area contributed by atoms with Crippen molar-refractivity contribution in [1.29, 1.82) is 0 Å². The van der Waals surface area contributed by atoms with Gasteiger partial charge in [0.1, 0.15) is 0 Å². The highest BCUT2D eigenvalue weighted by molar-refractivity contribution is 7.89. The molecule has 7 nitrogen and oxygen atoms in total. The average Bonchev–Trinajstić information content (AvgIpc) is 3.52. The number of hydrogen-bond acceptors (Lipinski definition) is 5. The SMILES string of the molecule is CNS(=O)(=O)c1ccc(CCC(=O)N2CC3(CCCC3)c3cc(B4OC(C)(C)C(C)(C)O4)ccc32)cc1. The van der Waals surface area contributed by atoms with Gasteiger partial charge in [-0.15, -0.1) is 0 Å². The van der Waals surface area contributed by atoms with Crippen molar-refractivity contribution in [2.75, 3.05) is 18.5 Å². The third-order valence-electron chi connectivity index (χ3n) is 8.86. The normalized spacial score (nSPS) is 21.5. The average molecular weight is 524 g/mol. The first-order valence-electron chi connectivity index (χ1n) is 13.2. The molecule has 1 saturated carbocycles. The fraction of sp³-hybridized carbons (Fsp3) is 0.536. The van der Waals surface area contributed by atoms with Crippen molar-refractivity contribution in [3.05, 3.63) is 53.6 Å². The van der Waals surface area contributed by atoms with E-state index in [1.54, 1.807) is 24.3 Å². The number of hydrogen-bond donors (Lipinski definition) is 1. The first-order chi connectivity index (χ1) is 17.4. The minimum atomic E-state index is -3.47. The molecule has 0 bridgehead atoms. The van der Waals surface area contributed by atoms with Crippen LogP contribution in [0.2, 0.25) is 0 Å². The molecule has 2 aromatic carbocycles. The van der Waals surface area contributed by atoms with Crippen LogP contribution in [0.1, 0.15) is 70.9 Å². The number of rotatable bonds is 6. The standard InChI is InChI=1S/C28H37BN2O5S/c1-26(2)27(3,4)36-29(35-26)21-11-14-24-23(18-21)28(16-6-7-17-28)19-31(24)25(32)15-10-20-8-12-22(13-9-20)37(33,34)30-5/h8-9,11-14,18,30H,6-7,10,15-17,19H2,1-5H3. The molecule has 9 heteroatoms.